The number of ether oxygens (including phenoxy) is 1. The summed E-state index contributed by atoms with van der Waals surface area (Å²) in [5, 5.41) is 7.35. The Morgan fingerprint density at radius 1 is 1.48 bits per heavy atom. The second kappa shape index (κ2) is 6.03. The summed E-state index contributed by atoms with van der Waals surface area (Å²) < 4.78 is 23.4. The van der Waals surface area contributed by atoms with Crippen LogP contribution < -0.4 is 10.1 Å². The van der Waals surface area contributed by atoms with E-state index in [2.05, 4.69) is 10.5 Å². The van der Waals surface area contributed by atoms with Crippen LogP contribution in [0.15, 0.2) is 28.8 Å². The molecule has 1 atom stereocenters. The van der Waals surface area contributed by atoms with Crippen LogP contribution in [-0.2, 0) is 6.54 Å². The maximum atomic E-state index is 13.3. The highest BCUT2D eigenvalue weighted by Gasteiger charge is 2.32. The summed E-state index contributed by atoms with van der Waals surface area (Å²) in [7, 11) is 1.54. The van der Waals surface area contributed by atoms with Gasteiger partial charge < -0.3 is 14.6 Å². The largest absolute Gasteiger partial charge is 0.479 e. The molecule has 1 N–H and O–H groups in total. The molecule has 0 radical (unpaired) electrons. The highest BCUT2D eigenvalue weighted by atomic mass is 35.5. The fourth-order valence-electron chi connectivity index (χ4n) is 2.38. The molecule has 1 saturated carbocycles. The summed E-state index contributed by atoms with van der Waals surface area (Å²) in [5.41, 5.74) is 0.996. The van der Waals surface area contributed by atoms with E-state index < -0.39 is 5.82 Å². The van der Waals surface area contributed by atoms with Crippen LogP contribution in [0.3, 0.4) is 0 Å². The van der Waals surface area contributed by atoms with Crippen LogP contribution in [0.4, 0.5) is 4.39 Å². The standard InChI is InChI=1S/C15H16ClFN2O2/c1-20-14-7-11(21-19-14)8-18-15(9-2-3-9)10-4-5-13(17)12(16)6-10/h4-7,9,15,18H,2-3,8H2,1H3. The van der Waals surface area contributed by atoms with Crippen molar-refractivity contribution < 1.29 is 13.7 Å². The Morgan fingerprint density at radius 2 is 2.29 bits per heavy atom. The summed E-state index contributed by atoms with van der Waals surface area (Å²) in [4.78, 5) is 0. The molecule has 1 aliphatic rings. The van der Waals surface area contributed by atoms with Crippen molar-refractivity contribution in [3.63, 3.8) is 0 Å². The van der Waals surface area contributed by atoms with Gasteiger partial charge >= 0.3 is 0 Å². The molecule has 3 rings (SSSR count). The molecular formula is C15H16ClFN2O2. The number of nitrogens with one attached hydrogen (secondary N) is 1. The van der Waals surface area contributed by atoms with Gasteiger partial charge in [0.15, 0.2) is 5.76 Å². The number of benzene rings is 1. The van der Waals surface area contributed by atoms with Crippen molar-refractivity contribution in [1.82, 2.24) is 10.5 Å². The Morgan fingerprint density at radius 3 is 2.90 bits per heavy atom. The Bertz CT molecular complexity index is 628. The van der Waals surface area contributed by atoms with Crippen molar-refractivity contribution in [2.45, 2.75) is 25.4 Å². The molecule has 112 valence electrons. The van der Waals surface area contributed by atoms with E-state index in [1.54, 1.807) is 25.3 Å². The van der Waals surface area contributed by atoms with Crippen LogP contribution in [0.1, 0.15) is 30.2 Å². The first-order chi connectivity index (χ1) is 10.2. The second-order valence-corrected chi connectivity index (χ2v) is 5.61. The summed E-state index contributed by atoms with van der Waals surface area (Å²) >= 11 is 5.87. The Hall–Kier alpha value is -1.59. The molecular weight excluding hydrogens is 295 g/mol. The third-order valence-corrected chi connectivity index (χ3v) is 3.93. The molecule has 1 heterocycles. The molecule has 0 amide bonds. The van der Waals surface area contributed by atoms with Gasteiger partial charge in [0.05, 0.1) is 18.7 Å². The van der Waals surface area contributed by atoms with Crippen LogP contribution in [-0.4, -0.2) is 12.3 Å². The average molecular weight is 311 g/mol. The lowest BCUT2D eigenvalue weighted by Crippen LogP contribution is -2.22. The smallest absolute Gasteiger partial charge is 0.254 e. The fraction of sp³-hybridized carbons (Fsp3) is 0.400. The van der Waals surface area contributed by atoms with Gasteiger partial charge in [-0.05, 0) is 41.6 Å². The van der Waals surface area contributed by atoms with Crippen molar-refractivity contribution in [2.24, 2.45) is 5.92 Å². The molecule has 1 aromatic heterocycles. The molecule has 0 aliphatic heterocycles. The lowest BCUT2D eigenvalue weighted by molar-refractivity contribution is 0.318. The quantitative estimate of drug-likeness (QED) is 0.883. The normalized spacial score (nSPS) is 16.0. The molecule has 0 bridgehead atoms. The first-order valence-corrected chi connectivity index (χ1v) is 7.23. The van der Waals surface area contributed by atoms with Gasteiger partial charge in [-0.1, -0.05) is 17.7 Å². The Labute approximate surface area is 127 Å². The second-order valence-electron chi connectivity index (χ2n) is 5.21. The monoisotopic (exact) mass is 310 g/mol. The van der Waals surface area contributed by atoms with Crippen LogP contribution in [0.5, 0.6) is 5.88 Å². The molecule has 0 saturated heterocycles. The molecule has 1 unspecified atom stereocenters. The number of halogens is 2. The lowest BCUT2D eigenvalue weighted by atomic mass is 10.0. The van der Waals surface area contributed by atoms with Crippen LogP contribution in [0.25, 0.3) is 0 Å². The van der Waals surface area contributed by atoms with Crippen molar-refractivity contribution in [1.29, 1.82) is 0 Å². The minimum absolute atomic E-state index is 0.138. The molecule has 0 spiro atoms. The van der Waals surface area contributed by atoms with Crippen LogP contribution in [0, 0.1) is 11.7 Å². The number of hydrogen-bond donors (Lipinski definition) is 1. The van der Waals surface area contributed by atoms with Gasteiger partial charge in [0, 0.05) is 12.1 Å². The Kier molecular flexibility index (Phi) is 4.12. The van der Waals surface area contributed by atoms with Crippen molar-refractivity contribution in [3.8, 4) is 5.88 Å². The Balaban J connectivity index is 1.71. The van der Waals surface area contributed by atoms with E-state index in [9.17, 15) is 4.39 Å². The number of aromatic nitrogens is 1. The summed E-state index contributed by atoms with van der Waals surface area (Å²) in [6, 6.07) is 6.76. The van der Waals surface area contributed by atoms with E-state index in [-0.39, 0.29) is 11.1 Å². The minimum Gasteiger partial charge on any atom is -0.479 e. The minimum atomic E-state index is -0.394. The zero-order chi connectivity index (χ0) is 14.8. The molecule has 2 aromatic rings. The topological polar surface area (TPSA) is 47.3 Å². The zero-order valence-corrected chi connectivity index (χ0v) is 12.4. The summed E-state index contributed by atoms with van der Waals surface area (Å²) in [6.07, 6.45) is 2.32. The van der Waals surface area contributed by atoms with E-state index in [1.165, 1.54) is 6.07 Å². The van der Waals surface area contributed by atoms with Crippen LogP contribution in [0.2, 0.25) is 5.02 Å². The number of methoxy groups -OCH3 is 1. The predicted molar refractivity (Wildman–Crippen MR) is 76.8 cm³/mol. The highest BCUT2D eigenvalue weighted by Crippen LogP contribution is 2.41. The van der Waals surface area contributed by atoms with Gasteiger partial charge in [-0.15, -0.1) is 0 Å². The van der Waals surface area contributed by atoms with Crippen molar-refractivity contribution >= 4 is 11.6 Å². The molecule has 1 fully saturated rings. The van der Waals surface area contributed by atoms with Crippen molar-refractivity contribution in [2.75, 3.05) is 7.11 Å². The van der Waals surface area contributed by atoms with Crippen molar-refractivity contribution in [3.05, 3.63) is 46.4 Å². The molecule has 21 heavy (non-hydrogen) atoms. The molecule has 6 heteroatoms. The van der Waals surface area contributed by atoms with Crippen LogP contribution >= 0.6 is 11.6 Å². The average Bonchev–Trinajstić information content (AvgIpc) is 3.21. The van der Waals surface area contributed by atoms with E-state index in [1.807, 2.05) is 0 Å². The van der Waals surface area contributed by atoms with E-state index in [0.29, 0.717) is 24.1 Å². The SMILES string of the molecule is COc1cc(CNC(c2ccc(F)c(Cl)c2)C2CC2)on1. The van der Waals surface area contributed by atoms with E-state index in [4.69, 9.17) is 20.9 Å². The van der Waals surface area contributed by atoms with Gasteiger partial charge in [0.2, 0.25) is 0 Å². The van der Waals surface area contributed by atoms with Gasteiger partial charge in [-0.2, -0.15) is 0 Å². The first kappa shape index (κ1) is 14.4. The van der Waals surface area contributed by atoms with Gasteiger partial charge in [-0.3, -0.25) is 0 Å². The third-order valence-electron chi connectivity index (χ3n) is 3.64. The van der Waals surface area contributed by atoms with Gasteiger partial charge in [-0.25, -0.2) is 4.39 Å². The third kappa shape index (κ3) is 3.36. The summed E-state index contributed by atoms with van der Waals surface area (Å²) in [5.74, 6) is 1.32. The zero-order valence-electron chi connectivity index (χ0n) is 11.6. The predicted octanol–water partition coefficient (Wildman–Crippen LogP) is 3.72. The van der Waals surface area contributed by atoms with E-state index >= 15 is 0 Å². The van der Waals surface area contributed by atoms with E-state index in [0.717, 1.165) is 18.4 Å². The van der Waals surface area contributed by atoms with Gasteiger partial charge in [0.25, 0.3) is 5.88 Å². The fourth-order valence-corrected chi connectivity index (χ4v) is 2.57. The number of rotatable bonds is 6. The maximum absolute atomic E-state index is 13.3. The maximum Gasteiger partial charge on any atom is 0.254 e. The summed E-state index contributed by atoms with van der Waals surface area (Å²) in [6.45, 7) is 0.534. The number of hydrogen-bond acceptors (Lipinski definition) is 4. The first-order valence-electron chi connectivity index (χ1n) is 6.85. The van der Waals surface area contributed by atoms with Gasteiger partial charge in [0.1, 0.15) is 5.82 Å². The highest BCUT2D eigenvalue weighted by molar-refractivity contribution is 6.30. The molecule has 1 aromatic carbocycles. The lowest BCUT2D eigenvalue weighted by Gasteiger charge is -2.18. The molecule has 1 aliphatic carbocycles. The molecule has 4 nitrogen and oxygen atoms in total. The number of nitrogens with zero attached hydrogens (tertiary/aromatic N) is 1.